The molecule has 1 fully saturated rings. The Kier molecular flexibility index (Phi) is 2.05. The smallest absolute Gasteiger partial charge is 0.151 e. The van der Waals surface area contributed by atoms with Crippen molar-refractivity contribution >= 4 is 15.9 Å². The van der Waals surface area contributed by atoms with Crippen molar-refractivity contribution in [1.82, 2.24) is 4.98 Å². The summed E-state index contributed by atoms with van der Waals surface area (Å²) in [6.07, 6.45) is 2.57. The van der Waals surface area contributed by atoms with Crippen molar-refractivity contribution in [3.63, 3.8) is 0 Å². The van der Waals surface area contributed by atoms with Crippen molar-refractivity contribution in [3.8, 4) is 5.75 Å². The predicted molar refractivity (Wildman–Crippen MR) is 50.5 cm³/mol. The van der Waals surface area contributed by atoms with E-state index in [1.54, 1.807) is 7.11 Å². The second-order valence-corrected chi connectivity index (χ2v) is 3.75. The molecule has 2 nitrogen and oxygen atoms in total. The highest BCUT2D eigenvalue weighted by Gasteiger charge is 2.25. The van der Waals surface area contributed by atoms with Crippen LogP contribution in [0, 0.1) is 0 Å². The maximum Gasteiger partial charge on any atom is 0.151 e. The van der Waals surface area contributed by atoms with Gasteiger partial charge in [-0.25, -0.2) is 4.98 Å². The molecule has 1 aromatic rings. The van der Waals surface area contributed by atoms with E-state index in [4.69, 9.17) is 4.74 Å². The molecule has 0 amide bonds. The first kappa shape index (κ1) is 8.05. The molecule has 1 heterocycles. The molecule has 2 rings (SSSR count). The Morgan fingerprint density at radius 2 is 2.25 bits per heavy atom. The number of hydrogen-bond acceptors (Lipinski definition) is 2. The summed E-state index contributed by atoms with van der Waals surface area (Å²) < 4.78 is 5.90. The van der Waals surface area contributed by atoms with Gasteiger partial charge >= 0.3 is 0 Å². The maximum absolute atomic E-state index is 5.09. The summed E-state index contributed by atoms with van der Waals surface area (Å²) in [5.74, 6) is 1.51. The van der Waals surface area contributed by atoms with Gasteiger partial charge in [0.05, 0.1) is 7.11 Å². The number of halogens is 1. The Morgan fingerprint density at radius 3 is 2.75 bits per heavy atom. The molecule has 0 aromatic carbocycles. The van der Waals surface area contributed by atoms with Gasteiger partial charge in [0.15, 0.2) is 5.75 Å². The van der Waals surface area contributed by atoms with Gasteiger partial charge in [0.25, 0.3) is 0 Å². The van der Waals surface area contributed by atoms with Crippen LogP contribution in [-0.4, -0.2) is 12.1 Å². The van der Waals surface area contributed by atoms with E-state index in [-0.39, 0.29) is 0 Å². The summed E-state index contributed by atoms with van der Waals surface area (Å²) in [7, 11) is 1.65. The molecular weight excluding hydrogens is 218 g/mol. The van der Waals surface area contributed by atoms with Crippen molar-refractivity contribution in [3.05, 3.63) is 22.4 Å². The zero-order valence-corrected chi connectivity index (χ0v) is 8.47. The number of aromatic nitrogens is 1. The van der Waals surface area contributed by atoms with E-state index in [0.717, 1.165) is 10.4 Å². The summed E-state index contributed by atoms with van der Waals surface area (Å²) in [6, 6.07) is 4.01. The van der Waals surface area contributed by atoms with Crippen LogP contribution in [0.3, 0.4) is 0 Å². The van der Waals surface area contributed by atoms with E-state index in [9.17, 15) is 0 Å². The molecule has 0 bridgehead atoms. The van der Waals surface area contributed by atoms with Crippen LogP contribution in [0.1, 0.15) is 24.5 Å². The minimum atomic E-state index is 0.701. The van der Waals surface area contributed by atoms with Crippen LogP contribution in [0.15, 0.2) is 16.7 Å². The van der Waals surface area contributed by atoms with Gasteiger partial charge in [-0.3, -0.25) is 0 Å². The van der Waals surface area contributed by atoms with Gasteiger partial charge in [-0.05, 0) is 40.9 Å². The normalized spacial score (nSPS) is 16.2. The first-order chi connectivity index (χ1) is 5.81. The quantitative estimate of drug-likeness (QED) is 0.726. The van der Waals surface area contributed by atoms with Crippen LogP contribution in [0.4, 0.5) is 0 Å². The number of hydrogen-bond donors (Lipinski definition) is 0. The minimum Gasteiger partial charge on any atom is -0.494 e. The van der Waals surface area contributed by atoms with Gasteiger partial charge in [0, 0.05) is 11.6 Å². The fraction of sp³-hybridized carbons (Fsp3) is 0.444. The fourth-order valence-corrected chi connectivity index (χ4v) is 1.69. The number of ether oxygens (including phenoxy) is 1. The van der Waals surface area contributed by atoms with Crippen LogP contribution >= 0.6 is 15.9 Å². The molecule has 0 radical (unpaired) electrons. The molecule has 0 spiro atoms. The van der Waals surface area contributed by atoms with Crippen molar-refractivity contribution in [2.24, 2.45) is 0 Å². The summed E-state index contributed by atoms with van der Waals surface area (Å²) in [6.45, 7) is 0. The van der Waals surface area contributed by atoms with E-state index in [1.807, 2.05) is 12.1 Å². The largest absolute Gasteiger partial charge is 0.494 e. The molecule has 0 saturated heterocycles. The predicted octanol–water partition coefficient (Wildman–Crippen LogP) is 2.73. The third-order valence-corrected chi connectivity index (χ3v) is 2.62. The zero-order chi connectivity index (χ0) is 8.55. The van der Waals surface area contributed by atoms with Gasteiger partial charge in [-0.15, -0.1) is 0 Å². The maximum atomic E-state index is 5.09. The summed E-state index contributed by atoms with van der Waals surface area (Å²) >= 11 is 3.37. The molecule has 1 aliphatic carbocycles. The monoisotopic (exact) mass is 227 g/mol. The Bertz CT molecular complexity index is 297. The topological polar surface area (TPSA) is 22.1 Å². The molecule has 12 heavy (non-hydrogen) atoms. The van der Waals surface area contributed by atoms with Crippen molar-refractivity contribution < 1.29 is 4.74 Å². The van der Waals surface area contributed by atoms with Crippen LogP contribution in [-0.2, 0) is 0 Å². The van der Waals surface area contributed by atoms with E-state index < -0.39 is 0 Å². The second-order valence-electron chi connectivity index (χ2n) is 3.00. The van der Waals surface area contributed by atoms with Crippen LogP contribution in [0.5, 0.6) is 5.75 Å². The van der Waals surface area contributed by atoms with Crippen LogP contribution in [0.2, 0.25) is 0 Å². The lowest BCUT2D eigenvalue weighted by Crippen LogP contribution is -1.91. The molecule has 64 valence electrons. The highest BCUT2D eigenvalue weighted by molar-refractivity contribution is 9.10. The molecular formula is C9H10BrNO. The van der Waals surface area contributed by atoms with Crippen molar-refractivity contribution in [2.45, 2.75) is 18.8 Å². The average molecular weight is 228 g/mol. The summed E-state index contributed by atoms with van der Waals surface area (Å²) in [4.78, 5) is 4.40. The van der Waals surface area contributed by atoms with Crippen molar-refractivity contribution in [2.75, 3.05) is 7.11 Å². The first-order valence-corrected chi connectivity index (χ1v) is 4.81. The third-order valence-electron chi connectivity index (χ3n) is 2.05. The molecule has 1 aliphatic rings. The zero-order valence-electron chi connectivity index (χ0n) is 6.88. The average Bonchev–Trinajstić information content (AvgIpc) is 2.86. The Hall–Kier alpha value is -0.570. The van der Waals surface area contributed by atoms with Gasteiger partial charge in [0.1, 0.15) is 4.60 Å². The summed E-state index contributed by atoms with van der Waals surface area (Å²) in [5, 5.41) is 0. The van der Waals surface area contributed by atoms with Gasteiger partial charge in [-0.1, -0.05) is 0 Å². The number of nitrogens with zero attached hydrogens (tertiary/aromatic N) is 1. The molecule has 3 heteroatoms. The third kappa shape index (κ3) is 1.46. The second kappa shape index (κ2) is 3.05. The van der Waals surface area contributed by atoms with E-state index in [1.165, 1.54) is 18.5 Å². The number of rotatable bonds is 2. The standard InChI is InChI=1S/C9H10BrNO/c1-12-8-5-4-7(6-2-3-6)11-9(8)10/h4-6H,2-3H2,1H3. The minimum absolute atomic E-state index is 0.701. The highest BCUT2D eigenvalue weighted by atomic mass is 79.9. The molecule has 1 saturated carbocycles. The molecule has 1 aromatic heterocycles. The first-order valence-electron chi connectivity index (χ1n) is 4.01. The molecule has 0 aliphatic heterocycles. The summed E-state index contributed by atoms with van der Waals surface area (Å²) in [5.41, 5.74) is 1.18. The highest BCUT2D eigenvalue weighted by Crippen LogP contribution is 2.40. The lowest BCUT2D eigenvalue weighted by atomic mass is 10.2. The van der Waals surface area contributed by atoms with Gasteiger partial charge in [0.2, 0.25) is 0 Å². The Labute approximate surface area is 80.1 Å². The van der Waals surface area contributed by atoms with Crippen molar-refractivity contribution in [1.29, 1.82) is 0 Å². The SMILES string of the molecule is COc1ccc(C2CC2)nc1Br. The van der Waals surface area contributed by atoms with Gasteiger partial charge < -0.3 is 4.74 Å². The van der Waals surface area contributed by atoms with Crippen LogP contribution in [0.25, 0.3) is 0 Å². The van der Waals surface area contributed by atoms with E-state index >= 15 is 0 Å². The Balaban J connectivity index is 2.30. The Morgan fingerprint density at radius 1 is 1.50 bits per heavy atom. The number of methoxy groups -OCH3 is 1. The molecule has 0 atom stereocenters. The number of pyridine rings is 1. The lowest BCUT2D eigenvalue weighted by molar-refractivity contribution is 0.409. The fourth-order valence-electron chi connectivity index (χ4n) is 1.19. The molecule has 0 N–H and O–H groups in total. The molecule has 0 unspecified atom stereocenters. The van der Waals surface area contributed by atoms with Gasteiger partial charge in [-0.2, -0.15) is 0 Å². The van der Waals surface area contributed by atoms with E-state index in [0.29, 0.717) is 5.92 Å². The van der Waals surface area contributed by atoms with Crippen LogP contribution < -0.4 is 4.74 Å². The van der Waals surface area contributed by atoms with E-state index in [2.05, 4.69) is 20.9 Å². The lowest BCUT2D eigenvalue weighted by Gasteiger charge is -2.03.